The van der Waals surface area contributed by atoms with Crippen LogP contribution in [0.25, 0.3) is 0 Å². The topological polar surface area (TPSA) is 69.7 Å². The Kier molecular flexibility index (Phi) is 5.92. The maximum absolute atomic E-state index is 11.5. The fourth-order valence-corrected chi connectivity index (χ4v) is 1.35. The summed E-state index contributed by atoms with van der Waals surface area (Å²) in [5, 5.41) is 2.53. The maximum atomic E-state index is 11.5. The number of pyridine rings is 1. The molecule has 0 saturated carbocycles. The number of amides is 1. The van der Waals surface area contributed by atoms with E-state index in [1.807, 2.05) is 13.8 Å². The van der Waals surface area contributed by atoms with Gasteiger partial charge in [0.05, 0.1) is 19.3 Å². The molecule has 19 heavy (non-hydrogen) atoms. The number of carbonyl (C=O) groups excluding carboxylic acids is 1. The lowest BCUT2D eigenvalue weighted by Crippen LogP contribution is -2.18. The lowest BCUT2D eigenvalue weighted by Gasteiger charge is -2.12. The van der Waals surface area contributed by atoms with Gasteiger partial charge in [-0.1, -0.05) is 0 Å². The molecule has 0 aliphatic rings. The van der Waals surface area contributed by atoms with Crippen molar-refractivity contribution in [2.24, 2.45) is 0 Å². The molecule has 1 rings (SSSR count). The number of nitrogens with one attached hydrogen (secondary N) is 1. The van der Waals surface area contributed by atoms with Crippen LogP contribution in [-0.4, -0.2) is 30.4 Å². The molecule has 0 saturated heterocycles. The Morgan fingerprint density at radius 2 is 1.95 bits per heavy atom. The van der Waals surface area contributed by atoms with Gasteiger partial charge in [-0.25, -0.2) is 4.79 Å². The largest absolute Gasteiger partial charge is 0.488 e. The van der Waals surface area contributed by atoms with E-state index in [9.17, 15) is 4.79 Å². The van der Waals surface area contributed by atoms with E-state index in [2.05, 4.69) is 10.3 Å². The third-order valence-electron chi connectivity index (χ3n) is 1.98. The van der Waals surface area contributed by atoms with E-state index < -0.39 is 6.09 Å². The molecule has 106 valence electrons. The number of carbonyl (C=O) groups is 1. The van der Waals surface area contributed by atoms with Crippen LogP contribution in [0.2, 0.25) is 0 Å². The molecular formula is C13H20N2O4. The normalized spacial score (nSPS) is 10.2. The molecule has 0 radical (unpaired) electrons. The molecule has 0 spiro atoms. The van der Waals surface area contributed by atoms with Gasteiger partial charge in [0.1, 0.15) is 5.82 Å². The monoisotopic (exact) mass is 268 g/mol. The average molecular weight is 268 g/mol. The molecule has 0 unspecified atom stereocenters. The van der Waals surface area contributed by atoms with Crippen molar-refractivity contribution >= 4 is 11.9 Å². The van der Waals surface area contributed by atoms with Crippen LogP contribution in [0.1, 0.15) is 27.7 Å². The summed E-state index contributed by atoms with van der Waals surface area (Å²) < 4.78 is 15.7. The fourth-order valence-electron chi connectivity index (χ4n) is 1.35. The van der Waals surface area contributed by atoms with Crippen LogP contribution < -0.4 is 14.8 Å². The lowest BCUT2D eigenvalue weighted by atomic mass is 10.4. The molecule has 1 heterocycles. The van der Waals surface area contributed by atoms with Gasteiger partial charge in [0.25, 0.3) is 5.88 Å². The highest BCUT2D eigenvalue weighted by Crippen LogP contribution is 2.26. The zero-order chi connectivity index (χ0) is 14.3. The molecular weight excluding hydrogens is 248 g/mol. The molecule has 6 heteroatoms. The average Bonchev–Trinajstić information content (AvgIpc) is 2.32. The molecule has 0 bridgehead atoms. The minimum Gasteiger partial charge on any atom is -0.488 e. The molecule has 1 N–H and O–H groups in total. The van der Waals surface area contributed by atoms with Gasteiger partial charge in [-0.15, -0.1) is 0 Å². The Balaban J connectivity index is 2.79. The van der Waals surface area contributed by atoms with E-state index in [0.29, 0.717) is 30.7 Å². The van der Waals surface area contributed by atoms with Gasteiger partial charge in [0, 0.05) is 0 Å². The molecule has 1 aromatic heterocycles. The number of ether oxygens (including phenoxy) is 3. The van der Waals surface area contributed by atoms with E-state index in [1.54, 1.807) is 26.0 Å². The number of rotatable bonds is 6. The molecule has 1 amide bonds. The Morgan fingerprint density at radius 3 is 2.53 bits per heavy atom. The van der Waals surface area contributed by atoms with Crippen LogP contribution in [0.15, 0.2) is 12.1 Å². The highest BCUT2D eigenvalue weighted by Gasteiger charge is 2.11. The number of aromatic nitrogens is 1. The third kappa shape index (κ3) is 5.03. The first-order valence-electron chi connectivity index (χ1n) is 6.31. The van der Waals surface area contributed by atoms with Crippen molar-refractivity contribution < 1.29 is 19.0 Å². The quantitative estimate of drug-likeness (QED) is 0.859. The summed E-state index contributed by atoms with van der Waals surface area (Å²) in [5.74, 6) is 1.26. The highest BCUT2D eigenvalue weighted by atomic mass is 16.6. The second kappa shape index (κ2) is 7.45. The minimum atomic E-state index is -0.547. The van der Waals surface area contributed by atoms with E-state index in [-0.39, 0.29) is 6.10 Å². The Labute approximate surface area is 113 Å². The standard InChI is InChI=1S/C13H20N2O4/c1-5-17-10-7-8-11(14-12(10)18-6-2)15-13(16)19-9(3)4/h7-9H,5-6H2,1-4H3,(H,14,15,16). The lowest BCUT2D eigenvalue weighted by molar-refractivity contribution is 0.130. The van der Waals surface area contributed by atoms with Crippen molar-refractivity contribution in [2.45, 2.75) is 33.8 Å². The van der Waals surface area contributed by atoms with Crippen molar-refractivity contribution in [2.75, 3.05) is 18.5 Å². The molecule has 0 aliphatic carbocycles. The summed E-state index contributed by atoms with van der Waals surface area (Å²) in [6.07, 6.45) is -0.733. The first-order chi connectivity index (χ1) is 9.06. The van der Waals surface area contributed by atoms with Crippen LogP contribution in [0, 0.1) is 0 Å². The SMILES string of the molecule is CCOc1ccc(NC(=O)OC(C)C)nc1OCC. The van der Waals surface area contributed by atoms with Gasteiger partial charge in [0.2, 0.25) is 0 Å². The van der Waals surface area contributed by atoms with Gasteiger partial charge in [0.15, 0.2) is 5.75 Å². The van der Waals surface area contributed by atoms with Crippen LogP contribution in [-0.2, 0) is 4.74 Å². The zero-order valence-corrected chi connectivity index (χ0v) is 11.7. The van der Waals surface area contributed by atoms with Crippen molar-refractivity contribution in [3.05, 3.63) is 12.1 Å². The molecule has 6 nitrogen and oxygen atoms in total. The summed E-state index contributed by atoms with van der Waals surface area (Å²) in [6, 6.07) is 3.33. The van der Waals surface area contributed by atoms with E-state index in [1.165, 1.54) is 0 Å². The zero-order valence-electron chi connectivity index (χ0n) is 11.7. The van der Waals surface area contributed by atoms with Crippen molar-refractivity contribution in [1.82, 2.24) is 4.98 Å². The summed E-state index contributed by atoms with van der Waals surface area (Å²) in [7, 11) is 0. The molecule has 0 atom stereocenters. The number of anilines is 1. The Morgan fingerprint density at radius 1 is 1.26 bits per heavy atom. The fraction of sp³-hybridized carbons (Fsp3) is 0.538. The molecule has 1 aromatic rings. The second-order valence-corrected chi connectivity index (χ2v) is 3.94. The van der Waals surface area contributed by atoms with Crippen molar-refractivity contribution in [3.63, 3.8) is 0 Å². The van der Waals surface area contributed by atoms with Gasteiger partial charge >= 0.3 is 6.09 Å². The maximum Gasteiger partial charge on any atom is 0.413 e. The van der Waals surface area contributed by atoms with Gasteiger partial charge in [-0.2, -0.15) is 4.98 Å². The number of hydrogen-bond acceptors (Lipinski definition) is 5. The van der Waals surface area contributed by atoms with Crippen LogP contribution in [0.4, 0.5) is 10.6 Å². The smallest absolute Gasteiger partial charge is 0.413 e. The highest BCUT2D eigenvalue weighted by molar-refractivity contribution is 5.83. The predicted molar refractivity (Wildman–Crippen MR) is 71.8 cm³/mol. The van der Waals surface area contributed by atoms with Crippen LogP contribution >= 0.6 is 0 Å². The third-order valence-corrected chi connectivity index (χ3v) is 1.98. The predicted octanol–water partition coefficient (Wildman–Crippen LogP) is 2.84. The summed E-state index contributed by atoms with van der Waals surface area (Å²) >= 11 is 0. The molecule has 0 aromatic carbocycles. The second-order valence-electron chi connectivity index (χ2n) is 3.94. The van der Waals surface area contributed by atoms with Crippen LogP contribution in [0.5, 0.6) is 11.6 Å². The van der Waals surface area contributed by atoms with Crippen LogP contribution in [0.3, 0.4) is 0 Å². The minimum absolute atomic E-state index is 0.186. The first-order valence-corrected chi connectivity index (χ1v) is 6.31. The number of hydrogen-bond donors (Lipinski definition) is 1. The summed E-state index contributed by atoms with van der Waals surface area (Å²) in [5.41, 5.74) is 0. The van der Waals surface area contributed by atoms with Gasteiger partial charge < -0.3 is 14.2 Å². The van der Waals surface area contributed by atoms with Crippen molar-refractivity contribution in [3.8, 4) is 11.6 Å². The summed E-state index contributed by atoms with van der Waals surface area (Å²) in [6.45, 7) is 8.26. The van der Waals surface area contributed by atoms with Gasteiger partial charge in [-0.3, -0.25) is 5.32 Å². The Hall–Kier alpha value is -1.98. The molecule has 0 aliphatic heterocycles. The van der Waals surface area contributed by atoms with Crippen molar-refractivity contribution in [1.29, 1.82) is 0 Å². The van der Waals surface area contributed by atoms with E-state index in [4.69, 9.17) is 14.2 Å². The van der Waals surface area contributed by atoms with E-state index in [0.717, 1.165) is 0 Å². The van der Waals surface area contributed by atoms with Gasteiger partial charge in [-0.05, 0) is 39.8 Å². The number of nitrogens with zero attached hydrogens (tertiary/aromatic N) is 1. The summed E-state index contributed by atoms with van der Waals surface area (Å²) in [4.78, 5) is 15.6. The Bertz CT molecular complexity index is 421. The van der Waals surface area contributed by atoms with E-state index >= 15 is 0 Å². The first kappa shape index (κ1) is 15.1. The molecule has 0 fully saturated rings.